The van der Waals surface area contributed by atoms with Crippen LogP contribution in [0.25, 0.3) is 0 Å². The largest absolute Gasteiger partial charge is 0.463 e. The molecule has 1 aliphatic rings. The number of aromatic nitrogens is 2. The van der Waals surface area contributed by atoms with Gasteiger partial charge in [-0.1, -0.05) is 25.1 Å². The molecule has 1 saturated heterocycles. The van der Waals surface area contributed by atoms with E-state index in [0.717, 1.165) is 4.57 Å². The van der Waals surface area contributed by atoms with Gasteiger partial charge >= 0.3 is 19.3 Å². The van der Waals surface area contributed by atoms with Gasteiger partial charge in [0.2, 0.25) is 0 Å². The Balaban J connectivity index is 1.95. The number of carbonyl (C=O) groups excluding carboxylic acids is 1. The fourth-order valence-corrected chi connectivity index (χ4v) is 6.56. The summed E-state index contributed by atoms with van der Waals surface area (Å²) in [6.45, 7) is 6.51. The van der Waals surface area contributed by atoms with Gasteiger partial charge in [0, 0.05) is 6.20 Å². The van der Waals surface area contributed by atoms with Crippen LogP contribution in [0, 0.1) is 5.92 Å². The van der Waals surface area contributed by atoms with Crippen LogP contribution in [0.1, 0.15) is 40.8 Å². The van der Waals surface area contributed by atoms with Crippen LogP contribution in [0.4, 0.5) is 10.2 Å². The van der Waals surface area contributed by atoms with Gasteiger partial charge in [-0.25, -0.2) is 13.8 Å². The number of rotatable bonds is 11. The van der Waals surface area contributed by atoms with Crippen molar-refractivity contribution in [2.75, 3.05) is 18.6 Å². The summed E-state index contributed by atoms with van der Waals surface area (Å²) in [5.41, 5.74) is 7.20. The van der Waals surface area contributed by atoms with Crippen LogP contribution in [0.5, 0.6) is 5.75 Å². The summed E-state index contributed by atoms with van der Waals surface area (Å²) >= 11 is 0. The molecule has 0 radical (unpaired) electrons. The summed E-state index contributed by atoms with van der Waals surface area (Å²) in [6.07, 6.45) is -4.16. The number of nitrogen functional groups attached to an aromatic ring is 1. The molecule has 2 heterocycles. The molecule has 12 nitrogen and oxygen atoms in total. The molecule has 5 N–H and O–H groups in total. The van der Waals surface area contributed by atoms with Gasteiger partial charge in [0.05, 0.1) is 18.2 Å². The Morgan fingerprint density at radius 1 is 1.28 bits per heavy atom. The number of halogens is 1. The quantitative estimate of drug-likeness (QED) is 0.267. The number of benzene rings is 1. The van der Waals surface area contributed by atoms with Crippen molar-refractivity contribution in [3.05, 3.63) is 53.1 Å². The number of hydrogen-bond acceptors (Lipinski definition) is 11. The highest BCUT2D eigenvalue weighted by molar-refractivity contribution is 7.54. The van der Waals surface area contributed by atoms with Gasteiger partial charge in [0.15, 0.2) is 6.23 Å². The fourth-order valence-electron chi connectivity index (χ4n) is 4.29. The normalized spacial score (nSPS) is 25.7. The van der Waals surface area contributed by atoms with Gasteiger partial charge in [-0.15, -0.1) is 0 Å². The number of nitrogens with zero attached hydrogens (tertiary/aromatic N) is 2. The number of esters is 1. The number of nitrogens with two attached hydrogens (primary N) is 2. The van der Waals surface area contributed by atoms with E-state index in [4.69, 9.17) is 30.0 Å². The molecule has 0 spiro atoms. The van der Waals surface area contributed by atoms with Crippen molar-refractivity contribution >= 4 is 19.4 Å². The van der Waals surface area contributed by atoms with E-state index in [-0.39, 0.29) is 17.7 Å². The highest BCUT2D eigenvalue weighted by Gasteiger charge is 2.61. The molecule has 0 saturated carbocycles. The molecule has 14 heteroatoms. The van der Waals surface area contributed by atoms with Crippen molar-refractivity contribution < 1.29 is 37.4 Å². The van der Waals surface area contributed by atoms with Gasteiger partial charge in [-0.05, 0) is 45.9 Å². The first kappa shape index (κ1) is 30.7. The number of anilines is 1. The lowest BCUT2D eigenvalue weighted by molar-refractivity contribution is -0.151. The summed E-state index contributed by atoms with van der Waals surface area (Å²) in [7, 11) is -4.18. The van der Waals surface area contributed by atoms with Crippen LogP contribution >= 0.6 is 7.60 Å². The van der Waals surface area contributed by atoms with Crippen molar-refractivity contribution in [1.29, 1.82) is 0 Å². The molecule has 0 aliphatic carbocycles. The van der Waals surface area contributed by atoms with E-state index < -0.39 is 67.5 Å². The number of carbonyl (C=O) groups is 1. The first-order chi connectivity index (χ1) is 18.1. The number of aliphatic hydroxyl groups is 1. The second-order valence-electron chi connectivity index (χ2n) is 10.4. The highest BCUT2D eigenvalue weighted by atomic mass is 31.2. The van der Waals surface area contributed by atoms with Crippen LogP contribution in [0.15, 0.2) is 47.4 Å². The molecule has 0 bridgehead atoms. The summed E-state index contributed by atoms with van der Waals surface area (Å²) in [5, 5.41) is 11.1. The highest BCUT2D eigenvalue weighted by Crippen LogP contribution is 2.55. The average molecular weight is 571 g/mol. The minimum absolute atomic E-state index is 0.0676. The van der Waals surface area contributed by atoms with Crippen LogP contribution in [-0.2, 0) is 23.4 Å². The van der Waals surface area contributed by atoms with Crippen molar-refractivity contribution in [3.8, 4) is 5.75 Å². The van der Waals surface area contributed by atoms with Crippen molar-refractivity contribution in [3.63, 3.8) is 0 Å². The van der Waals surface area contributed by atoms with E-state index in [9.17, 15) is 23.7 Å². The summed E-state index contributed by atoms with van der Waals surface area (Å²) in [6, 6.07) is 9.48. The Morgan fingerprint density at radius 3 is 2.49 bits per heavy atom. The van der Waals surface area contributed by atoms with Gasteiger partial charge < -0.3 is 30.6 Å². The van der Waals surface area contributed by atoms with Crippen molar-refractivity contribution in [1.82, 2.24) is 9.55 Å². The summed E-state index contributed by atoms with van der Waals surface area (Å²) < 4.78 is 52.4. The fraction of sp³-hybridized carbons (Fsp3) is 0.560. The first-order valence-corrected chi connectivity index (χ1v) is 14.1. The van der Waals surface area contributed by atoms with Crippen molar-refractivity contribution in [2.45, 2.75) is 70.3 Å². The smallest absolute Gasteiger partial charge is 0.380 e. The SMILES string of the molecule is CC(C)OC(=O)[C@H](C)C[P@@](=O)(Oc1ccccc1)OC(C)(C)[C@H]1O[C@@H](n2ccc(N)nc2=O)C(N)(CF)[C@H]1O. The molecule has 2 aromatic rings. The van der Waals surface area contributed by atoms with Crippen LogP contribution in [0.3, 0.4) is 0 Å². The van der Waals surface area contributed by atoms with Gasteiger partial charge in [-0.3, -0.25) is 13.9 Å². The molecular formula is C25H36FN4O8P. The standard InChI is InChI=1S/C25H36FN4O8P/c1-15(2)35-21(32)16(3)13-39(34,37-17-9-7-6-8-10-17)38-24(4,5)20-19(31)25(28,14-26)22(36-20)30-12-11-18(27)29-23(30)33/h6-12,15-16,19-20,22,31H,13-14,28H2,1-5H3,(H2,27,29,33)/t16-,19+,20+,22-,25?,39-/m1/s1. The van der Waals surface area contributed by atoms with E-state index in [1.54, 1.807) is 44.2 Å². The number of aliphatic hydroxyl groups excluding tert-OH is 1. The van der Waals surface area contributed by atoms with E-state index in [1.165, 1.54) is 33.0 Å². The number of ether oxygens (including phenoxy) is 2. The second-order valence-corrected chi connectivity index (χ2v) is 12.4. The third-order valence-corrected chi connectivity index (χ3v) is 8.44. The van der Waals surface area contributed by atoms with Crippen molar-refractivity contribution in [2.24, 2.45) is 11.7 Å². The molecule has 216 valence electrons. The zero-order valence-electron chi connectivity index (χ0n) is 22.5. The zero-order valence-corrected chi connectivity index (χ0v) is 23.4. The van der Waals surface area contributed by atoms with E-state index >= 15 is 0 Å². The van der Waals surface area contributed by atoms with Crippen LogP contribution in [0.2, 0.25) is 0 Å². The van der Waals surface area contributed by atoms with Crippen LogP contribution < -0.4 is 21.7 Å². The number of para-hydroxylation sites is 1. The Labute approximate surface area is 225 Å². The Hall–Kier alpha value is -2.83. The lowest BCUT2D eigenvalue weighted by atomic mass is 9.86. The topological polar surface area (TPSA) is 178 Å². The van der Waals surface area contributed by atoms with Gasteiger partial charge in [0.25, 0.3) is 0 Å². The monoisotopic (exact) mass is 570 g/mol. The molecule has 1 unspecified atom stereocenters. The Bertz CT molecular complexity index is 1260. The summed E-state index contributed by atoms with van der Waals surface area (Å²) in [5.74, 6) is -1.35. The minimum atomic E-state index is -4.18. The third kappa shape index (κ3) is 6.85. The molecule has 0 amide bonds. The van der Waals surface area contributed by atoms with E-state index in [0.29, 0.717) is 0 Å². The maximum Gasteiger partial charge on any atom is 0.380 e. The second kappa shape index (κ2) is 11.7. The maximum atomic E-state index is 14.3. The zero-order chi connectivity index (χ0) is 29.2. The Morgan fingerprint density at radius 2 is 1.92 bits per heavy atom. The summed E-state index contributed by atoms with van der Waals surface area (Å²) in [4.78, 5) is 28.6. The molecule has 3 rings (SSSR count). The molecule has 39 heavy (non-hydrogen) atoms. The molecule has 1 aliphatic heterocycles. The lowest BCUT2D eigenvalue weighted by Gasteiger charge is -2.37. The number of hydrogen-bond donors (Lipinski definition) is 3. The van der Waals surface area contributed by atoms with Gasteiger partial charge in [0.1, 0.15) is 41.6 Å². The molecule has 1 aromatic heterocycles. The minimum Gasteiger partial charge on any atom is -0.463 e. The van der Waals surface area contributed by atoms with E-state index in [2.05, 4.69) is 4.98 Å². The lowest BCUT2D eigenvalue weighted by Crippen LogP contribution is -2.59. The molecule has 1 aromatic carbocycles. The number of alkyl halides is 1. The van der Waals surface area contributed by atoms with Crippen LogP contribution in [-0.4, -0.2) is 62.9 Å². The van der Waals surface area contributed by atoms with E-state index in [1.807, 2.05) is 0 Å². The maximum absolute atomic E-state index is 14.3. The average Bonchev–Trinajstić information content (AvgIpc) is 3.10. The Kier molecular flexibility index (Phi) is 9.24. The third-order valence-electron chi connectivity index (χ3n) is 6.21. The van der Waals surface area contributed by atoms with Gasteiger partial charge in [-0.2, -0.15) is 4.98 Å². The predicted octanol–water partition coefficient (Wildman–Crippen LogP) is 2.41. The molecule has 1 fully saturated rings. The predicted molar refractivity (Wildman–Crippen MR) is 141 cm³/mol. The molecule has 6 atom stereocenters. The first-order valence-electron chi connectivity index (χ1n) is 12.4. The molecular weight excluding hydrogens is 534 g/mol.